The van der Waals surface area contributed by atoms with Crippen molar-refractivity contribution in [3.63, 3.8) is 0 Å². The Labute approximate surface area is 120 Å². The first-order valence-corrected chi connectivity index (χ1v) is 7.15. The number of methoxy groups -OCH3 is 1. The molecular weight excluding hydrogens is 252 g/mol. The van der Waals surface area contributed by atoms with Gasteiger partial charge in [0.1, 0.15) is 11.6 Å². The lowest BCUT2D eigenvalue weighted by Crippen LogP contribution is -2.33. The van der Waals surface area contributed by atoms with Crippen LogP contribution in [0.1, 0.15) is 56.0 Å². The Hall–Kier alpha value is -1.60. The lowest BCUT2D eigenvalue weighted by molar-refractivity contribution is -0.0408. The maximum absolute atomic E-state index is 9.43. The van der Waals surface area contributed by atoms with E-state index in [1.807, 2.05) is 0 Å². The predicted octanol–water partition coefficient (Wildman–Crippen LogP) is 3.16. The zero-order valence-electron chi connectivity index (χ0n) is 12.7. The summed E-state index contributed by atoms with van der Waals surface area (Å²) in [6.07, 6.45) is 3.83. The Bertz CT molecular complexity index is 544. The zero-order valence-corrected chi connectivity index (χ0v) is 12.7. The number of pyridine rings is 1. The Morgan fingerprint density at radius 2 is 2.15 bits per heavy atom. The molecule has 4 nitrogen and oxygen atoms in total. The van der Waals surface area contributed by atoms with Crippen LogP contribution >= 0.6 is 0 Å². The molecule has 2 heterocycles. The Morgan fingerprint density at radius 3 is 2.75 bits per heavy atom. The topological polar surface area (TPSA) is 55.1 Å². The maximum atomic E-state index is 9.43. The number of hydrogen-bond acceptors (Lipinski definition) is 4. The highest BCUT2D eigenvalue weighted by Crippen LogP contribution is 2.35. The van der Waals surface area contributed by atoms with E-state index in [0.29, 0.717) is 18.1 Å². The van der Waals surface area contributed by atoms with Crippen LogP contribution in [0, 0.1) is 11.3 Å². The number of ether oxygens (including phenoxy) is 2. The van der Waals surface area contributed by atoms with E-state index in [-0.39, 0.29) is 5.60 Å². The van der Waals surface area contributed by atoms with E-state index in [4.69, 9.17) is 9.47 Å². The second-order valence-corrected chi connectivity index (χ2v) is 5.84. The Morgan fingerprint density at radius 1 is 1.40 bits per heavy atom. The number of hydrogen-bond donors (Lipinski definition) is 0. The lowest BCUT2D eigenvalue weighted by Gasteiger charge is -2.33. The number of unbranched alkanes of at least 4 members (excludes halogenated alkanes) is 1. The Kier molecular flexibility index (Phi) is 4.29. The molecule has 0 radical (unpaired) electrons. The van der Waals surface area contributed by atoms with Crippen molar-refractivity contribution in [3.8, 4) is 11.9 Å². The molecule has 0 fully saturated rings. The molecule has 0 N–H and O–H groups in total. The van der Waals surface area contributed by atoms with Crippen molar-refractivity contribution in [3.05, 3.63) is 22.4 Å². The summed E-state index contributed by atoms with van der Waals surface area (Å²) in [7, 11) is 1.57. The number of fused-ring (bicyclic) bond motifs is 1. The van der Waals surface area contributed by atoms with Gasteiger partial charge in [0.25, 0.3) is 0 Å². The highest BCUT2D eigenvalue weighted by molar-refractivity contribution is 5.52. The molecule has 2 rings (SSSR count). The highest BCUT2D eigenvalue weighted by atomic mass is 16.5. The van der Waals surface area contributed by atoms with Gasteiger partial charge in [-0.15, -0.1) is 0 Å². The molecule has 108 valence electrons. The molecule has 0 spiro atoms. The van der Waals surface area contributed by atoms with E-state index < -0.39 is 0 Å². The van der Waals surface area contributed by atoms with Gasteiger partial charge in [0.15, 0.2) is 0 Å². The van der Waals surface area contributed by atoms with E-state index in [1.54, 1.807) is 7.11 Å². The summed E-state index contributed by atoms with van der Waals surface area (Å²) in [4.78, 5) is 4.54. The second kappa shape index (κ2) is 5.80. The minimum Gasteiger partial charge on any atom is -0.480 e. The summed E-state index contributed by atoms with van der Waals surface area (Å²) in [6, 6.07) is 2.25. The number of nitriles is 1. The average Bonchev–Trinajstić information content (AvgIpc) is 2.42. The van der Waals surface area contributed by atoms with Gasteiger partial charge < -0.3 is 9.47 Å². The van der Waals surface area contributed by atoms with Crippen LogP contribution in [-0.2, 0) is 24.2 Å². The van der Waals surface area contributed by atoms with Crippen molar-refractivity contribution < 1.29 is 9.47 Å². The van der Waals surface area contributed by atoms with Gasteiger partial charge in [-0.1, -0.05) is 13.3 Å². The van der Waals surface area contributed by atoms with Crippen molar-refractivity contribution in [1.82, 2.24) is 4.98 Å². The van der Waals surface area contributed by atoms with Gasteiger partial charge in [-0.3, -0.25) is 0 Å². The van der Waals surface area contributed by atoms with Crippen molar-refractivity contribution in [2.75, 3.05) is 7.11 Å². The molecule has 0 aliphatic carbocycles. The molecule has 1 aliphatic rings. The molecule has 1 aliphatic heterocycles. The van der Waals surface area contributed by atoms with Crippen LogP contribution in [0.4, 0.5) is 0 Å². The molecule has 0 aromatic carbocycles. The fourth-order valence-electron chi connectivity index (χ4n) is 2.62. The van der Waals surface area contributed by atoms with Gasteiger partial charge in [-0.2, -0.15) is 5.26 Å². The fourth-order valence-corrected chi connectivity index (χ4v) is 2.62. The molecule has 0 saturated carbocycles. The molecule has 0 bridgehead atoms. The summed E-state index contributed by atoms with van der Waals surface area (Å²) >= 11 is 0. The van der Waals surface area contributed by atoms with E-state index in [2.05, 4.69) is 31.8 Å². The highest BCUT2D eigenvalue weighted by Gasteiger charge is 2.31. The van der Waals surface area contributed by atoms with Crippen LogP contribution in [0.2, 0.25) is 0 Å². The SMILES string of the molecule is CCCCc1nc(OC)c(C#N)c2c1COC(C)(C)C2. The molecule has 0 unspecified atom stereocenters. The van der Waals surface area contributed by atoms with E-state index >= 15 is 0 Å². The van der Waals surface area contributed by atoms with Gasteiger partial charge in [0.2, 0.25) is 5.88 Å². The third-order valence-electron chi connectivity index (χ3n) is 3.75. The molecule has 0 saturated heterocycles. The van der Waals surface area contributed by atoms with Crippen LogP contribution in [0.3, 0.4) is 0 Å². The first-order valence-electron chi connectivity index (χ1n) is 7.15. The number of rotatable bonds is 4. The second-order valence-electron chi connectivity index (χ2n) is 5.84. The van der Waals surface area contributed by atoms with Crippen molar-refractivity contribution in [2.24, 2.45) is 0 Å². The first-order chi connectivity index (χ1) is 9.52. The van der Waals surface area contributed by atoms with Gasteiger partial charge in [-0.05, 0) is 32.3 Å². The fraction of sp³-hybridized carbons (Fsp3) is 0.625. The van der Waals surface area contributed by atoms with Crippen LogP contribution in [0.15, 0.2) is 0 Å². The van der Waals surface area contributed by atoms with E-state index in [9.17, 15) is 5.26 Å². The molecule has 4 heteroatoms. The number of aromatic nitrogens is 1. The standard InChI is InChI=1S/C16H22N2O2/c1-5-6-7-14-13-10-20-16(2,3)8-11(13)12(9-17)15(18-14)19-4/h5-8,10H2,1-4H3. The monoisotopic (exact) mass is 274 g/mol. The minimum atomic E-state index is -0.243. The van der Waals surface area contributed by atoms with Crippen LogP contribution in [-0.4, -0.2) is 17.7 Å². The van der Waals surface area contributed by atoms with Crippen LogP contribution < -0.4 is 4.74 Å². The Balaban J connectivity index is 2.55. The van der Waals surface area contributed by atoms with Crippen LogP contribution in [0.5, 0.6) is 5.88 Å². The number of nitrogens with zero attached hydrogens (tertiary/aromatic N) is 2. The van der Waals surface area contributed by atoms with E-state index in [0.717, 1.165) is 42.5 Å². The molecule has 0 amide bonds. The third-order valence-corrected chi connectivity index (χ3v) is 3.75. The average molecular weight is 274 g/mol. The van der Waals surface area contributed by atoms with Gasteiger partial charge >= 0.3 is 0 Å². The predicted molar refractivity (Wildman–Crippen MR) is 76.7 cm³/mol. The largest absolute Gasteiger partial charge is 0.480 e. The normalized spacial score (nSPS) is 16.4. The molecule has 0 atom stereocenters. The zero-order chi connectivity index (χ0) is 14.8. The molecule has 1 aromatic heterocycles. The minimum absolute atomic E-state index is 0.243. The molecule has 20 heavy (non-hydrogen) atoms. The summed E-state index contributed by atoms with van der Waals surface area (Å²) in [5.74, 6) is 0.454. The maximum Gasteiger partial charge on any atom is 0.231 e. The lowest BCUT2D eigenvalue weighted by atomic mass is 9.87. The summed E-state index contributed by atoms with van der Waals surface area (Å²) in [5.41, 5.74) is 3.50. The summed E-state index contributed by atoms with van der Waals surface area (Å²) < 4.78 is 11.2. The van der Waals surface area contributed by atoms with Gasteiger partial charge in [-0.25, -0.2) is 4.98 Å². The smallest absolute Gasteiger partial charge is 0.231 e. The van der Waals surface area contributed by atoms with Crippen molar-refractivity contribution >= 4 is 0 Å². The molecular formula is C16H22N2O2. The van der Waals surface area contributed by atoms with Gasteiger partial charge in [0, 0.05) is 12.0 Å². The first kappa shape index (κ1) is 14.8. The molecule has 1 aromatic rings. The quantitative estimate of drug-likeness (QED) is 0.846. The number of aryl methyl sites for hydroxylation is 1. The third kappa shape index (κ3) is 2.78. The van der Waals surface area contributed by atoms with Crippen molar-refractivity contribution in [2.45, 2.75) is 58.7 Å². The van der Waals surface area contributed by atoms with Gasteiger partial charge in [0.05, 0.1) is 25.0 Å². The van der Waals surface area contributed by atoms with E-state index in [1.165, 1.54) is 0 Å². The van der Waals surface area contributed by atoms with Crippen LogP contribution in [0.25, 0.3) is 0 Å². The van der Waals surface area contributed by atoms with Crippen molar-refractivity contribution in [1.29, 1.82) is 5.26 Å². The summed E-state index contributed by atoms with van der Waals surface area (Å²) in [6.45, 7) is 6.80. The summed E-state index contributed by atoms with van der Waals surface area (Å²) in [5, 5.41) is 9.43.